The Labute approximate surface area is 180 Å². The van der Waals surface area contributed by atoms with Crippen molar-refractivity contribution in [2.24, 2.45) is 0 Å². The molecule has 1 fully saturated rings. The van der Waals surface area contributed by atoms with Crippen molar-refractivity contribution in [2.45, 2.75) is 29.6 Å². The second-order valence-electron chi connectivity index (χ2n) is 7.25. The molecule has 0 bridgehead atoms. The average Bonchev–Trinajstić information content (AvgIpc) is 2.73. The molecule has 0 saturated carbocycles. The Morgan fingerprint density at radius 3 is 2.43 bits per heavy atom. The molecule has 2 aromatic carbocycles. The van der Waals surface area contributed by atoms with Gasteiger partial charge in [0.2, 0.25) is 15.9 Å². The number of rotatable bonds is 8. The number of carbonyl (C=O) groups is 1. The third kappa shape index (κ3) is 5.57. The van der Waals surface area contributed by atoms with E-state index in [4.69, 9.17) is 16.3 Å². The Bertz CT molecular complexity index is 977. The van der Waals surface area contributed by atoms with Crippen molar-refractivity contribution < 1.29 is 22.3 Å². The maximum atomic E-state index is 13.3. The van der Waals surface area contributed by atoms with E-state index < -0.39 is 10.0 Å². The van der Waals surface area contributed by atoms with Crippen LogP contribution in [-0.2, 0) is 25.0 Å². The molecule has 30 heavy (non-hydrogen) atoms. The summed E-state index contributed by atoms with van der Waals surface area (Å²) in [5.41, 5.74) is 0.616. The molecule has 2 N–H and O–H groups in total. The lowest BCUT2D eigenvalue weighted by atomic mass is 9.74. The van der Waals surface area contributed by atoms with Crippen LogP contribution in [0.4, 0.5) is 4.39 Å². The monoisotopic (exact) mass is 454 g/mol. The summed E-state index contributed by atoms with van der Waals surface area (Å²) in [4.78, 5) is 12.3. The van der Waals surface area contributed by atoms with E-state index in [0.29, 0.717) is 32.6 Å². The van der Waals surface area contributed by atoms with Crippen molar-refractivity contribution in [3.63, 3.8) is 0 Å². The van der Waals surface area contributed by atoms with Gasteiger partial charge in [-0.1, -0.05) is 35.9 Å². The number of nitrogens with one attached hydrogen (secondary N) is 2. The molecule has 0 radical (unpaired) electrons. The van der Waals surface area contributed by atoms with Gasteiger partial charge in [-0.2, -0.15) is 0 Å². The zero-order valence-electron chi connectivity index (χ0n) is 16.4. The summed E-state index contributed by atoms with van der Waals surface area (Å²) >= 11 is 5.94. The van der Waals surface area contributed by atoms with Crippen molar-refractivity contribution >= 4 is 27.5 Å². The van der Waals surface area contributed by atoms with Gasteiger partial charge in [-0.3, -0.25) is 4.79 Å². The molecule has 0 atom stereocenters. The van der Waals surface area contributed by atoms with E-state index in [0.717, 1.165) is 5.56 Å². The Morgan fingerprint density at radius 2 is 1.77 bits per heavy atom. The van der Waals surface area contributed by atoms with Crippen LogP contribution in [0.3, 0.4) is 0 Å². The van der Waals surface area contributed by atoms with Gasteiger partial charge < -0.3 is 10.1 Å². The zero-order valence-corrected chi connectivity index (χ0v) is 17.9. The number of benzene rings is 2. The molecule has 0 aliphatic carbocycles. The number of amides is 1. The van der Waals surface area contributed by atoms with Crippen molar-refractivity contribution in [2.75, 3.05) is 26.3 Å². The Morgan fingerprint density at radius 1 is 1.10 bits per heavy atom. The predicted octanol–water partition coefficient (Wildman–Crippen LogP) is 3.01. The minimum absolute atomic E-state index is 0.0142. The van der Waals surface area contributed by atoms with Crippen LogP contribution in [0.1, 0.15) is 24.8 Å². The first kappa shape index (κ1) is 22.7. The quantitative estimate of drug-likeness (QED) is 0.642. The van der Waals surface area contributed by atoms with E-state index in [1.165, 1.54) is 24.3 Å². The number of ether oxygens (including phenoxy) is 1. The molecule has 6 nitrogen and oxygen atoms in total. The van der Waals surface area contributed by atoms with Gasteiger partial charge >= 0.3 is 0 Å². The number of carbonyl (C=O) groups excluding carboxylic acids is 1. The minimum atomic E-state index is -3.80. The Balaban J connectivity index is 1.56. The van der Waals surface area contributed by atoms with Crippen LogP contribution in [-0.4, -0.2) is 40.6 Å². The third-order valence-electron chi connectivity index (χ3n) is 5.30. The first-order chi connectivity index (χ1) is 14.3. The van der Waals surface area contributed by atoms with Gasteiger partial charge in [0.05, 0.1) is 5.02 Å². The number of halogens is 2. The summed E-state index contributed by atoms with van der Waals surface area (Å²) in [7, 11) is -3.80. The standard InChI is InChI=1S/C21H24ClFN2O4S/c22-18-3-1-2-4-19(18)30(27,28)25-12-9-20(26)24-15-21(10-13-29-14-11-21)16-5-7-17(23)8-6-16/h1-8,25H,9-15H2,(H,24,26). The Kier molecular flexibility index (Phi) is 7.46. The van der Waals surface area contributed by atoms with Crippen LogP contribution in [0.15, 0.2) is 53.4 Å². The maximum Gasteiger partial charge on any atom is 0.242 e. The van der Waals surface area contributed by atoms with Crippen molar-refractivity contribution in [1.82, 2.24) is 10.0 Å². The normalized spacial score (nSPS) is 16.2. The van der Waals surface area contributed by atoms with Crippen LogP contribution < -0.4 is 10.0 Å². The van der Waals surface area contributed by atoms with E-state index in [1.54, 1.807) is 24.3 Å². The van der Waals surface area contributed by atoms with Gasteiger partial charge in [0.1, 0.15) is 10.7 Å². The summed E-state index contributed by atoms with van der Waals surface area (Å²) in [5.74, 6) is -0.583. The fourth-order valence-corrected chi connectivity index (χ4v) is 5.08. The minimum Gasteiger partial charge on any atom is -0.381 e. The molecule has 3 rings (SSSR count). The van der Waals surface area contributed by atoms with Gasteiger partial charge in [0, 0.05) is 38.1 Å². The van der Waals surface area contributed by atoms with E-state index in [-0.39, 0.29) is 40.0 Å². The van der Waals surface area contributed by atoms with Crippen molar-refractivity contribution in [1.29, 1.82) is 0 Å². The summed E-state index contributed by atoms with van der Waals surface area (Å²) < 4.78 is 45.8. The first-order valence-corrected chi connectivity index (χ1v) is 11.5. The summed E-state index contributed by atoms with van der Waals surface area (Å²) in [6, 6.07) is 12.4. The lowest BCUT2D eigenvalue weighted by Crippen LogP contribution is -2.45. The molecule has 2 aromatic rings. The lowest BCUT2D eigenvalue weighted by molar-refractivity contribution is -0.121. The predicted molar refractivity (Wildman–Crippen MR) is 112 cm³/mol. The van der Waals surface area contributed by atoms with Crippen LogP contribution in [0, 0.1) is 5.82 Å². The molecular formula is C21H24ClFN2O4S. The first-order valence-electron chi connectivity index (χ1n) is 9.67. The van der Waals surface area contributed by atoms with Gasteiger partial charge in [-0.25, -0.2) is 17.5 Å². The molecule has 9 heteroatoms. The smallest absolute Gasteiger partial charge is 0.242 e. The van der Waals surface area contributed by atoms with Crippen LogP contribution in [0.25, 0.3) is 0 Å². The summed E-state index contributed by atoms with van der Waals surface area (Å²) in [6.07, 6.45) is 1.40. The number of hydrogen-bond acceptors (Lipinski definition) is 4. The van der Waals surface area contributed by atoms with Gasteiger partial charge in [0.25, 0.3) is 0 Å². The Hall–Kier alpha value is -2.00. The molecule has 1 saturated heterocycles. The molecule has 1 heterocycles. The summed E-state index contributed by atoms with van der Waals surface area (Å²) in [6.45, 7) is 1.44. The van der Waals surface area contributed by atoms with E-state index in [1.807, 2.05) is 0 Å². The molecule has 1 aliphatic rings. The SMILES string of the molecule is O=C(CCNS(=O)(=O)c1ccccc1Cl)NCC1(c2ccc(F)cc2)CCOCC1. The molecule has 1 amide bonds. The van der Waals surface area contributed by atoms with Gasteiger partial charge in [-0.05, 0) is 42.7 Å². The second kappa shape index (κ2) is 9.87. The highest BCUT2D eigenvalue weighted by Crippen LogP contribution is 2.34. The van der Waals surface area contributed by atoms with E-state index >= 15 is 0 Å². The van der Waals surface area contributed by atoms with Crippen molar-refractivity contribution in [3.8, 4) is 0 Å². The molecule has 162 valence electrons. The van der Waals surface area contributed by atoms with Gasteiger partial charge in [-0.15, -0.1) is 0 Å². The molecule has 1 aliphatic heterocycles. The zero-order chi connectivity index (χ0) is 21.6. The third-order valence-corrected chi connectivity index (χ3v) is 7.26. The maximum absolute atomic E-state index is 13.3. The lowest BCUT2D eigenvalue weighted by Gasteiger charge is -2.38. The highest BCUT2D eigenvalue weighted by molar-refractivity contribution is 7.89. The van der Waals surface area contributed by atoms with Crippen molar-refractivity contribution in [3.05, 3.63) is 64.9 Å². The second-order valence-corrected chi connectivity index (χ2v) is 9.40. The number of hydrogen-bond donors (Lipinski definition) is 2. The highest BCUT2D eigenvalue weighted by atomic mass is 35.5. The molecule has 0 aromatic heterocycles. The fourth-order valence-electron chi connectivity index (χ4n) is 3.53. The number of sulfonamides is 1. The van der Waals surface area contributed by atoms with E-state index in [9.17, 15) is 17.6 Å². The van der Waals surface area contributed by atoms with Gasteiger partial charge in [0.15, 0.2) is 0 Å². The fraction of sp³-hybridized carbons (Fsp3) is 0.381. The molecule has 0 spiro atoms. The highest BCUT2D eigenvalue weighted by Gasteiger charge is 2.34. The van der Waals surface area contributed by atoms with Crippen LogP contribution in [0.2, 0.25) is 5.02 Å². The average molecular weight is 455 g/mol. The molecular weight excluding hydrogens is 431 g/mol. The van der Waals surface area contributed by atoms with Crippen LogP contribution >= 0.6 is 11.6 Å². The topological polar surface area (TPSA) is 84.5 Å². The molecule has 0 unspecified atom stereocenters. The summed E-state index contributed by atoms with van der Waals surface area (Å²) in [5, 5.41) is 3.02. The van der Waals surface area contributed by atoms with Crippen LogP contribution in [0.5, 0.6) is 0 Å². The van der Waals surface area contributed by atoms with E-state index in [2.05, 4.69) is 10.0 Å². The largest absolute Gasteiger partial charge is 0.381 e.